The van der Waals surface area contributed by atoms with E-state index in [2.05, 4.69) is 31.3 Å². The molecule has 2 amide bonds. The van der Waals surface area contributed by atoms with E-state index in [1.807, 2.05) is 244 Å². The first-order valence-corrected chi connectivity index (χ1v) is 33.9. The predicted molar refractivity (Wildman–Crippen MR) is 371 cm³/mol. The molecule has 11 aromatic rings. The number of thioether (sulfide) groups is 2. The number of methoxy groups -OCH3 is 1. The van der Waals surface area contributed by atoms with Crippen LogP contribution in [-0.4, -0.2) is 93.6 Å². The van der Waals surface area contributed by atoms with E-state index < -0.39 is 58.5 Å². The molecule has 22 heteroatoms. The number of pyridine rings is 1. The first kappa shape index (κ1) is 64.8. The van der Waals surface area contributed by atoms with Crippen LogP contribution >= 0.6 is 34.9 Å². The van der Waals surface area contributed by atoms with E-state index in [4.69, 9.17) is 38.9 Å². The highest BCUT2D eigenvalue weighted by atomic mass is 32.2. The van der Waals surface area contributed by atoms with Crippen LogP contribution in [0.25, 0.3) is 0 Å². The first-order chi connectivity index (χ1) is 47.5. The van der Waals surface area contributed by atoms with Crippen LogP contribution in [-0.2, 0) is 40.8 Å². The summed E-state index contributed by atoms with van der Waals surface area (Å²) in [5, 5.41) is 39.0. The van der Waals surface area contributed by atoms with Gasteiger partial charge in [-0.1, -0.05) is 241 Å². The molecule has 0 spiro atoms. The van der Waals surface area contributed by atoms with Gasteiger partial charge in [0.2, 0.25) is 5.16 Å². The summed E-state index contributed by atoms with van der Waals surface area (Å²) in [4.78, 5) is 64.2. The molecule has 0 saturated carbocycles. The smallest absolute Gasteiger partial charge is 0.356 e. The molecular formula is C75H64N10O9S3. The lowest BCUT2D eigenvalue weighted by Gasteiger charge is -2.50. The Kier molecular flexibility index (Phi) is 19.9. The molecule has 13 rings (SSSR count). The number of amides is 2. The highest BCUT2D eigenvalue weighted by Gasteiger charge is 2.56. The fourth-order valence-corrected chi connectivity index (χ4v) is 14.9. The number of hydrogen-bond acceptors (Lipinski definition) is 19. The number of thiazole rings is 1. The minimum atomic E-state index is -1.55. The van der Waals surface area contributed by atoms with Crippen molar-refractivity contribution < 1.29 is 43.3 Å². The number of carbonyl (C=O) groups excluding carboxylic acids is 3. The number of H-pyrrole nitrogens is 1. The van der Waals surface area contributed by atoms with Crippen LogP contribution in [0.15, 0.2) is 270 Å². The minimum Gasteiger partial charge on any atom is -0.504 e. The maximum atomic E-state index is 15.7. The number of aromatic hydroxyl groups is 1. The van der Waals surface area contributed by atoms with Gasteiger partial charge in [0.15, 0.2) is 28.4 Å². The molecule has 8 aromatic carbocycles. The number of tetrazole rings is 1. The summed E-state index contributed by atoms with van der Waals surface area (Å²) in [6.45, 7) is 3.69. The number of aryl methyl sites for hydroxylation is 1. The molecule has 5 heterocycles. The number of fused-ring (bicyclic) bond motifs is 1. The van der Waals surface area contributed by atoms with Gasteiger partial charge >= 0.3 is 5.97 Å². The van der Waals surface area contributed by atoms with Gasteiger partial charge in [-0.2, -0.15) is 0 Å². The van der Waals surface area contributed by atoms with Crippen LogP contribution in [0.3, 0.4) is 0 Å². The molecule has 3 aromatic heterocycles. The summed E-state index contributed by atoms with van der Waals surface area (Å²) in [5.74, 6) is -1.37. The van der Waals surface area contributed by atoms with Gasteiger partial charge in [-0.15, -0.1) is 28.2 Å². The second-order valence-electron chi connectivity index (χ2n) is 22.7. The Morgan fingerprint density at radius 2 is 1.27 bits per heavy atom. The van der Waals surface area contributed by atoms with Crippen molar-refractivity contribution in [3.05, 3.63) is 321 Å². The maximum absolute atomic E-state index is 15.7. The summed E-state index contributed by atoms with van der Waals surface area (Å²) in [5.41, 5.74) is 6.19. The standard InChI is InChI=1S/C75H64N10O9S3/c1-47-65(91-44-49-39-41-57(90-3)42-40-49)61(86)43-59(76-47)72(93-67(52-29-15-6-16-30-52)53-31-17-7-18-32-53)94-82-62(60-46-96-73(77-60)79-75(54-33-19-8-20-34-54,55-35-21-9-22-36-55)56-37-23-10-24-38-56)68(87)78-63-69(88)85-64(58(45-95-70(63)85)48(2)97-74-80-83-84-81-74)71(89)92-66(50-25-11-4-12-26-50)51-27-13-5-14-28-51/h4-43,46,48,63,66-67,70,72H,44-45H2,1-3H3,(H,76,86)(H,77,79)(H,78,87)(H,80,81,83,84)/t48?,63?,70-,72?/m0/s1. The van der Waals surface area contributed by atoms with Gasteiger partial charge in [-0.25, -0.2) is 19.9 Å². The zero-order chi connectivity index (χ0) is 66.7. The molecule has 0 radical (unpaired) electrons. The van der Waals surface area contributed by atoms with E-state index in [9.17, 15) is 5.11 Å². The fraction of sp³-hybridized carbons (Fsp3) is 0.160. The molecule has 3 unspecified atom stereocenters. The van der Waals surface area contributed by atoms with Gasteiger partial charge in [0.25, 0.3) is 18.1 Å². The van der Waals surface area contributed by atoms with Gasteiger partial charge in [-0.05, 0) is 86.5 Å². The molecule has 4 N–H and O–H groups in total. The highest BCUT2D eigenvalue weighted by Crippen LogP contribution is 2.46. The molecule has 0 bridgehead atoms. The quantitative estimate of drug-likeness (QED) is 0.00750. The summed E-state index contributed by atoms with van der Waals surface area (Å²) < 4.78 is 25.1. The van der Waals surface area contributed by atoms with Gasteiger partial charge in [-0.3, -0.25) is 14.5 Å². The topological polar surface area (TPSA) is 237 Å². The van der Waals surface area contributed by atoms with Crippen LogP contribution < -0.4 is 20.1 Å². The molecule has 0 aliphatic carbocycles. The van der Waals surface area contributed by atoms with Crippen LogP contribution in [0.1, 0.15) is 87.0 Å². The van der Waals surface area contributed by atoms with Crippen LogP contribution in [0.2, 0.25) is 0 Å². The lowest BCUT2D eigenvalue weighted by atomic mass is 9.77. The Bertz CT molecular complexity index is 4350. The summed E-state index contributed by atoms with van der Waals surface area (Å²) in [6.07, 6.45) is -3.22. The molecule has 19 nitrogen and oxygen atoms in total. The third kappa shape index (κ3) is 14.2. The van der Waals surface area contributed by atoms with E-state index in [-0.39, 0.29) is 46.7 Å². The van der Waals surface area contributed by atoms with E-state index >= 15 is 14.4 Å². The number of β-lactam (4-membered cyclic amide) rings is 1. The number of oxime groups is 1. The zero-order valence-corrected chi connectivity index (χ0v) is 55.1. The van der Waals surface area contributed by atoms with Crippen molar-refractivity contribution >= 4 is 63.5 Å². The maximum Gasteiger partial charge on any atom is 0.356 e. The van der Waals surface area contributed by atoms with Crippen LogP contribution in [0.4, 0.5) is 5.13 Å². The van der Waals surface area contributed by atoms with E-state index in [1.54, 1.807) is 19.4 Å². The van der Waals surface area contributed by atoms with E-state index in [0.717, 1.165) is 44.5 Å². The van der Waals surface area contributed by atoms with Crippen molar-refractivity contribution in [3.8, 4) is 17.2 Å². The third-order valence-electron chi connectivity index (χ3n) is 16.5. The number of esters is 1. The second-order valence-corrected chi connectivity index (χ2v) is 25.9. The average Bonchev–Trinajstić information content (AvgIpc) is 1.06. The Morgan fingerprint density at radius 1 is 0.732 bits per heavy atom. The largest absolute Gasteiger partial charge is 0.504 e. The number of hydrogen-bond donors (Lipinski definition) is 4. The Morgan fingerprint density at radius 3 is 1.78 bits per heavy atom. The van der Waals surface area contributed by atoms with Crippen LogP contribution in [0.5, 0.6) is 17.2 Å². The molecule has 1 saturated heterocycles. The van der Waals surface area contributed by atoms with Gasteiger partial charge in [0.1, 0.15) is 52.5 Å². The fourth-order valence-electron chi connectivity index (χ4n) is 11.7. The van der Waals surface area contributed by atoms with Crippen LogP contribution in [0, 0.1) is 6.92 Å². The molecule has 2 aliphatic rings. The van der Waals surface area contributed by atoms with Gasteiger partial charge < -0.3 is 39.5 Å². The molecule has 2 aliphatic heterocycles. The van der Waals surface area contributed by atoms with Crippen molar-refractivity contribution in [1.82, 2.24) is 40.8 Å². The lowest BCUT2D eigenvalue weighted by molar-refractivity contribution is -0.170. The van der Waals surface area contributed by atoms with E-state index in [1.165, 1.54) is 45.8 Å². The number of benzene rings is 8. The van der Waals surface area contributed by atoms with Gasteiger partial charge in [0.05, 0.1) is 12.8 Å². The molecule has 97 heavy (non-hydrogen) atoms. The number of carbonyl (C=O) groups is 3. The summed E-state index contributed by atoms with van der Waals surface area (Å²) >= 11 is 3.89. The SMILES string of the molecule is COc1ccc(COc2c(O)cc(C(ON=C(C(=O)NC3C(=O)N4C(C(=O)OC(c5ccccc5)c5ccccc5)=C(C(C)Sc5nnn[nH]5)CS[C@@H]34)c3csc(NC(c4ccccc4)(c4ccccc4)c4ccccc4)n3)OC(c3ccccc3)c3ccccc3)nc2C)cc1. The third-order valence-corrected chi connectivity index (χ3v) is 19.6. The normalized spacial score (nSPS) is 15.2. The molecule has 1 fully saturated rings. The highest BCUT2D eigenvalue weighted by molar-refractivity contribution is 8.01. The predicted octanol–water partition coefficient (Wildman–Crippen LogP) is 13.5. The van der Waals surface area contributed by atoms with Crippen molar-refractivity contribution in [2.45, 2.75) is 66.3 Å². The Labute approximate surface area is 572 Å². The molecule has 486 valence electrons. The zero-order valence-electron chi connectivity index (χ0n) is 52.6. The van der Waals surface area contributed by atoms with Crippen molar-refractivity contribution in [1.29, 1.82) is 0 Å². The second kappa shape index (κ2) is 29.8. The number of aromatic nitrogens is 6. The minimum absolute atomic E-state index is 0.0457. The number of anilines is 1. The summed E-state index contributed by atoms with van der Waals surface area (Å²) in [7, 11) is 1.59. The average molecular weight is 1350 g/mol. The van der Waals surface area contributed by atoms with Crippen molar-refractivity contribution in [2.75, 3.05) is 18.2 Å². The summed E-state index contributed by atoms with van der Waals surface area (Å²) in [6, 6.07) is 75.3. The number of rotatable bonds is 26. The Hall–Kier alpha value is -10.9. The molecular weight excluding hydrogens is 1280 g/mol. The van der Waals surface area contributed by atoms with E-state index in [0.29, 0.717) is 27.3 Å². The van der Waals surface area contributed by atoms with Crippen molar-refractivity contribution in [3.63, 3.8) is 0 Å². The first-order valence-electron chi connectivity index (χ1n) is 31.1. The monoisotopic (exact) mass is 1340 g/mol. The lowest BCUT2D eigenvalue weighted by Crippen LogP contribution is -2.71. The number of nitrogens with one attached hydrogen (secondary N) is 3. The van der Waals surface area contributed by atoms with Crippen molar-refractivity contribution in [2.24, 2.45) is 5.16 Å². The number of ether oxygens (including phenoxy) is 4. The Balaban J connectivity index is 0.889. The van der Waals surface area contributed by atoms with Gasteiger partial charge in [0, 0.05) is 22.4 Å². The number of nitrogens with zero attached hydrogens (tertiary/aromatic N) is 7. The molecule has 4 atom stereocenters. The number of aromatic amines is 1.